The zero-order valence-corrected chi connectivity index (χ0v) is 15.5. The van der Waals surface area contributed by atoms with Crippen molar-refractivity contribution in [2.24, 2.45) is 0 Å². The molecule has 142 valence electrons. The molecule has 1 unspecified atom stereocenters. The number of non-ortho nitro benzene ring substituents is 1. The topological polar surface area (TPSA) is 108 Å². The number of amides is 1. The largest absolute Gasteiger partial charge is 0.482 e. The number of anilines is 1. The first-order valence-electron chi connectivity index (χ1n) is 7.90. The number of carbonyl (C=O) groups excluding carboxylic acids is 2. The number of nitrogens with zero attached hydrogens (tertiary/aromatic N) is 1. The normalized spacial score (nSPS) is 11.3. The number of esters is 1. The Hall–Kier alpha value is -3.07. The number of nitrogens with one attached hydrogen (secondary N) is 1. The van der Waals surface area contributed by atoms with Crippen molar-refractivity contribution >= 4 is 35.0 Å². The van der Waals surface area contributed by atoms with Crippen molar-refractivity contribution in [3.05, 3.63) is 58.6 Å². The van der Waals surface area contributed by atoms with Crippen LogP contribution in [0.1, 0.15) is 6.92 Å². The van der Waals surface area contributed by atoms with Gasteiger partial charge in [-0.05, 0) is 43.3 Å². The fourth-order valence-electron chi connectivity index (χ4n) is 1.98. The highest BCUT2D eigenvalue weighted by molar-refractivity contribution is 8.00. The number of nitro groups is 1. The van der Waals surface area contributed by atoms with Crippen LogP contribution in [-0.2, 0) is 14.3 Å². The van der Waals surface area contributed by atoms with Gasteiger partial charge >= 0.3 is 5.97 Å². The monoisotopic (exact) mass is 390 g/mol. The smallest absolute Gasteiger partial charge is 0.343 e. The summed E-state index contributed by atoms with van der Waals surface area (Å²) in [5, 5.41) is 13.0. The average molecular weight is 390 g/mol. The van der Waals surface area contributed by atoms with Gasteiger partial charge in [-0.25, -0.2) is 4.79 Å². The van der Waals surface area contributed by atoms with Gasteiger partial charge < -0.3 is 14.8 Å². The molecule has 0 heterocycles. The van der Waals surface area contributed by atoms with Crippen molar-refractivity contribution in [1.82, 2.24) is 0 Å². The zero-order chi connectivity index (χ0) is 19.8. The Labute approximate surface area is 160 Å². The number of carbonyl (C=O) groups is 2. The van der Waals surface area contributed by atoms with Crippen LogP contribution in [0.2, 0.25) is 0 Å². The Kier molecular flexibility index (Phi) is 7.18. The van der Waals surface area contributed by atoms with Gasteiger partial charge in [0, 0.05) is 22.7 Å². The molecule has 0 spiro atoms. The van der Waals surface area contributed by atoms with Crippen LogP contribution in [-0.4, -0.2) is 35.8 Å². The molecule has 1 atom stereocenters. The van der Waals surface area contributed by atoms with Crippen LogP contribution < -0.4 is 10.1 Å². The third-order valence-corrected chi connectivity index (χ3v) is 4.55. The van der Waals surface area contributed by atoms with Crippen LogP contribution in [0.4, 0.5) is 11.4 Å². The number of benzene rings is 2. The lowest BCUT2D eigenvalue weighted by Gasteiger charge is -2.12. The molecular formula is C18H18N2O6S. The van der Waals surface area contributed by atoms with Crippen molar-refractivity contribution in [3.8, 4) is 5.75 Å². The summed E-state index contributed by atoms with van der Waals surface area (Å²) in [5.74, 6) is -0.210. The van der Waals surface area contributed by atoms with Crippen LogP contribution in [0.15, 0.2) is 53.4 Å². The predicted octanol–water partition coefficient (Wildman–Crippen LogP) is 3.27. The van der Waals surface area contributed by atoms with E-state index in [0.29, 0.717) is 11.4 Å². The number of ether oxygens (including phenoxy) is 2. The van der Waals surface area contributed by atoms with Crippen molar-refractivity contribution in [3.63, 3.8) is 0 Å². The molecule has 2 aromatic carbocycles. The van der Waals surface area contributed by atoms with E-state index in [1.807, 2.05) is 0 Å². The van der Waals surface area contributed by atoms with E-state index in [-0.39, 0.29) is 18.2 Å². The summed E-state index contributed by atoms with van der Waals surface area (Å²) >= 11 is 1.30. The van der Waals surface area contributed by atoms with E-state index in [9.17, 15) is 19.7 Å². The second-order valence-electron chi connectivity index (χ2n) is 5.39. The van der Waals surface area contributed by atoms with Gasteiger partial charge in [-0.1, -0.05) is 0 Å². The van der Waals surface area contributed by atoms with E-state index in [1.165, 1.54) is 31.0 Å². The van der Waals surface area contributed by atoms with E-state index in [4.69, 9.17) is 4.74 Å². The number of rotatable bonds is 8. The summed E-state index contributed by atoms with van der Waals surface area (Å²) in [4.78, 5) is 34.3. The minimum atomic E-state index is -0.482. The standard InChI is InChI=1S/C18H18N2O6S/c1-12(27-16-9-5-14(6-10-16)20(23)24)18(22)19-13-3-7-15(8-4-13)26-11-17(21)25-2/h3-10,12H,11H2,1-2H3,(H,19,22). The highest BCUT2D eigenvalue weighted by atomic mass is 32.2. The third-order valence-electron chi connectivity index (χ3n) is 3.44. The Morgan fingerprint density at radius 3 is 2.33 bits per heavy atom. The van der Waals surface area contributed by atoms with Gasteiger partial charge in [0.1, 0.15) is 5.75 Å². The van der Waals surface area contributed by atoms with Crippen LogP contribution in [0, 0.1) is 10.1 Å². The maximum absolute atomic E-state index is 12.3. The summed E-state index contributed by atoms with van der Waals surface area (Å²) in [7, 11) is 1.28. The van der Waals surface area contributed by atoms with Gasteiger partial charge in [0.05, 0.1) is 17.3 Å². The van der Waals surface area contributed by atoms with Gasteiger partial charge in [-0.2, -0.15) is 0 Å². The van der Waals surface area contributed by atoms with Crippen molar-refractivity contribution in [2.45, 2.75) is 17.1 Å². The first-order chi connectivity index (χ1) is 12.9. The Balaban J connectivity index is 1.88. The summed E-state index contributed by atoms with van der Waals surface area (Å²) in [6.07, 6.45) is 0. The molecule has 0 aliphatic heterocycles. The van der Waals surface area contributed by atoms with Crippen LogP contribution >= 0.6 is 11.8 Å². The highest BCUT2D eigenvalue weighted by Gasteiger charge is 2.15. The van der Waals surface area contributed by atoms with E-state index in [0.717, 1.165) is 4.90 Å². The number of nitro benzene ring substituents is 1. The molecule has 0 aliphatic rings. The molecule has 0 radical (unpaired) electrons. The van der Waals surface area contributed by atoms with E-state index >= 15 is 0 Å². The fourth-order valence-corrected chi connectivity index (χ4v) is 2.85. The third kappa shape index (κ3) is 6.30. The number of hydrogen-bond acceptors (Lipinski definition) is 7. The van der Waals surface area contributed by atoms with E-state index < -0.39 is 16.1 Å². The minimum Gasteiger partial charge on any atom is -0.482 e. The van der Waals surface area contributed by atoms with Crippen molar-refractivity contribution in [2.75, 3.05) is 19.0 Å². The van der Waals surface area contributed by atoms with Gasteiger partial charge in [0.15, 0.2) is 6.61 Å². The lowest BCUT2D eigenvalue weighted by atomic mass is 10.3. The highest BCUT2D eigenvalue weighted by Crippen LogP contribution is 2.26. The second kappa shape index (κ2) is 9.58. The SMILES string of the molecule is COC(=O)COc1ccc(NC(=O)C(C)Sc2ccc([N+](=O)[O-])cc2)cc1. The lowest BCUT2D eigenvalue weighted by Crippen LogP contribution is -2.22. The van der Waals surface area contributed by atoms with Gasteiger partial charge in [-0.15, -0.1) is 11.8 Å². The minimum absolute atomic E-state index is 0.00552. The average Bonchev–Trinajstić information content (AvgIpc) is 2.67. The molecule has 9 heteroatoms. The molecule has 0 fully saturated rings. The molecule has 8 nitrogen and oxygen atoms in total. The molecule has 2 rings (SSSR count). The van der Waals surface area contributed by atoms with Crippen LogP contribution in [0.3, 0.4) is 0 Å². The molecule has 0 saturated carbocycles. The maximum atomic E-state index is 12.3. The summed E-state index contributed by atoms with van der Waals surface area (Å²) < 4.78 is 9.72. The van der Waals surface area contributed by atoms with E-state index in [1.54, 1.807) is 43.3 Å². The maximum Gasteiger partial charge on any atom is 0.343 e. The van der Waals surface area contributed by atoms with Crippen LogP contribution in [0.5, 0.6) is 5.75 Å². The zero-order valence-electron chi connectivity index (χ0n) is 14.7. The van der Waals surface area contributed by atoms with Gasteiger partial charge in [0.25, 0.3) is 5.69 Å². The predicted molar refractivity (Wildman–Crippen MR) is 101 cm³/mol. The van der Waals surface area contributed by atoms with E-state index in [2.05, 4.69) is 10.1 Å². The number of hydrogen-bond donors (Lipinski definition) is 1. The first kappa shape index (κ1) is 20.2. The first-order valence-corrected chi connectivity index (χ1v) is 8.78. The number of thioether (sulfide) groups is 1. The molecule has 0 saturated heterocycles. The lowest BCUT2D eigenvalue weighted by molar-refractivity contribution is -0.384. The van der Waals surface area contributed by atoms with Gasteiger partial charge in [-0.3, -0.25) is 14.9 Å². The van der Waals surface area contributed by atoms with Crippen molar-refractivity contribution in [1.29, 1.82) is 0 Å². The molecule has 1 N–H and O–H groups in total. The molecular weight excluding hydrogens is 372 g/mol. The quantitative estimate of drug-likeness (QED) is 0.319. The second-order valence-corrected chi connectivity index (χ2v) is 6.80. The Bertz CT molecular complexity index is 808. The van der Waals surface area contributed by atoms with Crippen LogP contribution in [0.25, 0.3) is 0 Å². The number of methoxy groups -OCH3 is 1. The summed E-state index contributed by atoms with van der Waals surface area (Å²) in [6.45, 7) is 1.56. The van der Waals surface area contributed by atoms with Gasteiger partial charge in [0.2, 0.25) is 5.91 Å². The Morgan fingerprint density at radius 2 is 1.78 bits per heavy atom. The molecule has 0 bridgehead atoms. The summed E-state index contributed by atoms with van der Waals surface area (Å²) in [5.41, 5.74) is 0.590. The fraction of sp³-hybridized carbons (Fsp3) is 0.222. The van der Waals surface area contributed by atoms with Crippen molar-refractivity contribution < 1.29 is 24.0 Å². The Morgan fingerprint density at radius 1 is 1.15 bits per heavy atom. The summed E-state index contributed by atoms with van der Waals surface area (Å²) in [6, 6.07) is 12.6. The molecule has 0 aromatic heterocycles. The molecule has 0 aliphatic carbocycles. The molecule has 2 aromatic rings. The molecule has 1 amide bonds. The molecule has 27 heavy (non-hydrogen) atoms.